The third-order valence-corrected chi connectivity index (χ3v) is 5.28. The average Bonchev–Trinajstić information content (AvgIpc) is 2.99. The van der Waals surface area contributed by atoms with E-state index in [-0.39, 0.29) is 0 Å². The Bertz CT molecular complexity index is 979. The van der Waals surface area contributed by atoms with Gasteiger partial charge in [-0.3, -0.25) is 14.5 Å². The van der Waals surface area contributed by atoms with Crippen LogP contribution in [0.25, 0.3) is 0 Å². The zero-order valence-corrected chi connectivity index (χ0v) is 17.6. The van der Waals surface area contributed by atoms with Gasteiger partial charge in [0.25, 0.3) is 5.91 Å². The topological polar surface area (TPSA) is 97.0 Å². The van der Waals surface area contributed by atoms with Gasteiger partial charge in [-0.1, -0.05) is 30.7 Å². The maximum Gasteiger partial charge on any atom is 0.325 e. The van der Waals surface area contributed by atoms with E-state index in [0.717, 1.165) is 4.90 Å². The molecule has 1 heterocycles. The molecule has 30 heavy (non-hydrogen) atoms. The van der Waals surface area contributed by atoms with E-state index in [9.17, 15) is 14.4 Å². The molecule has 0 aromatic heterocycles. The van der Waals surface area contributed by atoms with Crippen LogP contribution in [0.5, 0.6) is 11.5 Å². The summed E-state index contributed by atoms with van der Waals surface area (Å²) in [6.07, 6.45) is 0.320. The Balaban J connectivity index is 1.80. The maximum absolute atomic E-state index is 13.2. The molecule has 9 heteroatoms. The van der Waals surface area contributed by atoms with Crippen LogP contribution in [0.15, 0.2) is 42.5 Å². The SMILES string of the molecule is CC[C@]1(c2ccc(Cl)cc2)NC(=O)N(CC(=O)Nc2cc(OC)ccc2OC)C1=O. The Kier molecular flexibility index (Phi) is 6.17. The second-order valence-electron chi connectivity index (χ2n) is 6.70. The van der Waals surface area contributed by atoms with Gasteiger partial charge in [0.05, 0.1) is 19.9 Å². The Morgan fingerprint density at radius 1 is 1.13 bits per heavy atom. The lowest BCUT2D eigenvalue weighted by Crippen LogP contribution is -2.44. The van der Waals surface area contributed by atoms with Crippen LogP contribution in [0.1, 0.15) is 18.9 Å². The molecule has 0 spiro atoms. The van der Waals surface area contributed by atoms with Crippen molar-refractivity contribution in [3.8, 4) is 11.5 Å². The Morgan fingerprint density at radius 2 is 1.83 bits per heavy atom. The number of rotatable bonds is 7. The van der Waals surface area contributed by atoms with Crippen LogP contribution in [-0.2, 0) is 15.1 Å². The number of urea groups is 1. The first-order valence-electron chi connectivity index (χ1n) is 9.26. The van der Waals surface area contributed by atoms with Crippen molar-refractivity contribution >= 4 is 35.1 Å². The standard InChI is InChI=1S/C21H22ClN3O5/c1-4-21(13-5-7-14(22)8-6-13)19(27)25(20(28)24-21)12-18(26)23-16-11-15(29-2)9-10-17(16)30-3/h5-11H,4,12H2,1-3H3,(H,23,26)(H,24,28)/t21-/m1/s1. The molecule has 3 rings (SSSR count). The Morgan fingerprint density at radius 3 is 2.43 bits per heavy atom. The van der Waals surface area contributed by atoms with Gasteiger partial charge in [-0.05, 0) is 36.2 Å². The van der Waals surface area contributed by atoms with E-state index in [1.54, 1.807) is 49.4 Å². The van der Waals surface area contributed by atoms with Crippen molar-refractivity contribution in [1.82, 2.24) is 10.2 Å². The van der Waals surface area contributed by atoms with Crippen LogP contribution in [0, 0.1) is 0 Å². The van der Waals surface area contributed by atoms with E-state index < -0.39 is 29.9 Å². The number of imide groups is 1. The summed E-state index contributed by atoms with van der Waals surface area (Å²) < 4.78 is 10.4. The largest absolute Gasteiger partial charge is 0.497 e. The molecule has 0 saturated carbocycles. The van der Waals surface area contributed by atoms with Crippen molar-refractivity contribution < 1.29 is 23.9 Å². The van der Waals surface area contributed by atoms with Gasteiger partial charge in [-0.2, -0.15) is 0 Å². The van der Waals surface area contributed by atoms with E-state index in [0.29, 0.717) is 34.2 Å². The van der Waals surface area contributed by atoms with E-state index >= 15 is 0 Å². The molecule has 2 aromatic carbocycles. The highest BCUT2D eigenvalue weighted by atomic mass is 35.5. The maximum atomic E-state index is 13.2. The summed E-state index contributed by atoms with van der Waals surface area (Å²) in [6.45, 7) is 1.35. The molecule has 2 aromatic rings. The molecule has 158 valence electrons. The first-order valence-corrected chi connectivity index (χ1v) is 9.64. The number of nitrogens with zero attached hydrogens (tertiary/aromatic N) is 1. The highest BCUT2D eigenvalue weighted by Crippen LogP contribution is 2.33. The molecule has 8 nitrogen and oxygen atoms in total. The summed E-state index contributed by atoms with van der Waals surface area (Å²) in [6, 6.07) is 11.0. The molecule has 1 aliphatic rings. The molecule has 1 saturated heterocycles. The van der Waals surface area contributed by atoms with Crippen LogP contribution in [-0.4, -0.2) is 43.5 Å². The third kappa shape index (κ3) is 3.91. The first kappa shape index (κ1) is 21.4. The smallest absolute Gasteiger partial charge is 0.325 e. The minimum absolute atomic E-state index is 0.320. The summed E-state index contributed by atoms with van der Waals surface area (Å²) in [5.41, 5.74) is -0.270. The monoisotopic (exact) mass is 431 g/mol. The quantitative estimate of drug-likeness (QED) is 0.656. The molecule has 0 aliphatic carbocycles. The van der Waals surface area contributed by atoms with Gasteiger partial charge < -0.3 is 20.1 Å². The van der Waals surface area contributed by atoms with Crippen LogP contribution in [0.3, 0.4) is 0 Å². The summed E-state index contributed by atoms with van der Waals surface area (Å²) in [5.74, 6) is -0.0996. The number of methoxy groups -OCH3 is 2. The number of amides is 4. The summed E-state index contributed by atoms with van der Waals surface area (Å²) >= 11 is 5.94. The molecule has 0 radical (unpaired) electrons. The molecule has 0 bridgehead atoms. The fraction of sp³-hybridized carbons (Fsp3) is 0.286. The lowest BCUT2D eigenvalue weighted by molar-refractivity contribution is -0.134. The number of benzene rings is 2. The molecule has 4 amide bonds. The minimum atomic E-state index is -1.24. The Labute approximate surface area is 179 Å². The summed E-state index contributed by atoms with van der Waals surface area (Å²) in [4.78, 5) is 39.2. The second kappa shape index (κ2) is 8.62. The van der Waals surface area contributed by atoms with Crippen LogP contribution < -0.4 is 20.1 Å². The minimum Gasteiger partial charge on any atom is -0.497 e. The van der Waals surface area contributed by atoms with Crippen molar-refractivity contribution in [2.24, 2.45) is 0 Å². The highest BCUT2D eigenvalue weighted by Gasteiger charge is 2.51. The highest BCUT2D eigenvalue weighted by molar-refractivity contribution is 6.30. The number of carbonyl (C=O) groups excluding carboxylic acids is 3. The van der Waals surface area contributed by atoms with Gasteiger partial charge in [0.1, 0.15) is 23.6 Å². The number of hydrogen-bond acceptors (Lipinski definition) is 5. The van der Waals surface area contributed by atoms with E-state index in [1.165, 1.54) is 14.2 Å². The molecule has 0 unspecified atom stereocenters. The molecule has 1 fully saturated rings. The van der Waals surface area contributed by atoms with Gasteiger partial charge in [0, 0.05) is 11.1 Å². The number of ether oxygens (including phenoxy) is 2. The molecule has 1 atom stereocenters. The lowest BCUT2D eigenvalue weighted by Gasteiger charge is -2.25. The fourth-order valence-electron chi connectivity index (χ4n) is 3.39. The lowest BCUT2D eigenvalue weighted by atomic mass is 9.87. The number of anilines is 1. The van der Waals surface area contributed by atoms with E-state index in [1.807, 2.05) is 0 Å². The third-order valence-electron chi connectivity index (χ3n) is 5.03. The number of nitrogens with one attached hydrogen (secondary N) is 2. The van der Waals surface area contributed by atoms with Gasteiger partial charge >= 0.3 is 6.03 Å². The normalized spacial score (nSPS) is 18.2. The second-order valence-corrected chi connectivity index (χ2v) is 7.14. The van der Waals surface area contributed by atoms with Crippen LogP contribution in [0.4, 0.5) is 10.5 Å². The van der Waals surface area contributed by atoms with Crippen molar-refractivity contribution in [2.75, 3.05) is 26.1 Å². The Hall–Kier alpha value is -3.26. The molecule has 1 aliphatic heterocycles. The number of halogens is 1. The van der Waals surface area contributed by atoms with Crippen LogP contribution >= 0.6 is 11.6 Å². The van der Waals surface area contributed by atoms with Gasteiger partial charge in [0.2, 0.25) is 5.91 Å². The van der Waals surface area contributed by atoms with Crippen molar-refractivity contribution in [1.29, 1.82) is 0 Å². The van der Waals surface area contributed by atoms with Crippen LogP contribution in [0.2, 0.25) is 5.02 Å². The van der Waals surface area contributed by atoms with Gasteiger partial charge in [-0.15, -0.1) is 0 Å². The van der Waals surface area contributed by atoms with Crippen molar-refractivity contribution in [2.45, 2.75) is 18.9 Å². The van der Waals surface area contributed by atoms with Crippen molar-refractivity contribution in [3.63, 3.8) is 0 Å². The number of carbonyl (C=O) groups is 3. The van der Waals surface area contributed by atoms with E-state index in [4.69, 9.17) is 21.1 Å². The zero-order chi connectivity index (χ0) is 21.9. The van der Waals surface area contributed by atoms with Gasteiger partial charge in [0.15, 0.2) is 0 Å². The fourth-order valence-corrected chi connectivity index (χ4v) is 3.51. The van der Waals surface area contributed by atoms with Gasteiger partial charge in [-0.25, -0.2) is 4.79 Å². The zero-order valence-electron chi connectivity index (χ0n) is 16.8. The molecular formula is C21H22ClN3O5. The average molecular weight is 432 g/mol. The first-order chi connectivity index (χ1) is 14.3. The predicted molar refractivity (Wildman–Crippen MR) is 112 cm³/mol. The molecule has 2 N–H and O–H groups in total. The predicted octanol–water partition coefficient (Wildman–Crippen LogP) is 3.15. The summed E-state index contributed by atoms with van der Waals surface area (Å²) in [5, 5.41) is 5.91. The number of hydrogen-bond donors (Lipinski definition) is 2. The van der Waals surface area contributed by atoms with E-state index in [2.05, 4.69) is 10.6 Å². The van der Waals surface area contributed by atoms with Crippen molar-refractivity contribution in [3.05, 3.63) is 53.1 Å². The molecular weight excluding hydrogens is 410 g/mol. The summed E-state index contributed by atoms with van der Waals surface area (Å²) in [7, 11) is 2.97.